The minimum absolute atomic E-state index is 0.0898. The molecule has 0 aliphatic rings. The Kier molecular flexibility index (Phi) is 6.85. The molecular weight excluding hydrogens is 378 g/mol. The van der Waals surface area contributed by atoms with Crippen LogP contribution in [-0.4, -0.2) is 26.5 Å². The summed E-state index contributed by atoms with van der Waals surface area (Å²) >= 11 is 0. The Morgan fingerprint density at radius 1 is 1.04 bits per heavy atom. The Morgan fingerprint density at radius 2 is 1.61 bits per heavy atom. The van der Waals surface area contributed by atoms with Crippen LogP contribution in [0.1, 0.15) is 44.2 Å². The molecule has 0 aliphatic carbocycles. The molecule has 0 fully saturated rings. The normalized spacial score (nSPS) is 13.0. The van der Waals surface area contributed by atoms with Crippen molar-refractivity contribution >= 4 is 16.1 Å². The molecule has 0 spiro atoms. The molecule has 0 bridgehead atoms. The molecule has 2 aromatic carbocycles. The van der Waals surface area contributed by atoms with E-state index in [1.54, 1.807) is 36.4 Å². The molecule has 7 heteroatoms. The first-order valence-corrected chi connectivity index (χ1v) is 10.4. The van der Waals surface area contributed by atoms with Gasteiger partial charge in [-0.1, -0.05) is 29.8 Å². The van der Waals surface area contributed by atoms with Crippen LogP contribution >= 0.6 is 0 Å². The summed E-state index contributed by atoms with van der Waals surface area (Å²) in [5.41, 5.74) is 7.03. The van der Waals surface area contributed by atoms with E-state index in [1.807, 2.05) is 27.7 Å². The van der Waals surface area contributed by atoms with Gasteiger partial charge in [0.25, 0.3) is 0 Å². The summed E-state index contributed by atoms with van der Waals surface area (Å²) in [5.74, 6) is -0.361. The highest BCUT2D eigenvalue weighted by molar-refractivity contribution is 7.87. The third kappa shape index (κ3) is 6.35. The molecule has 6 nitrogen and oxygen atoms in total. The fourth-order valence-electron chi connectivity index (χ4n) is 2.60. The van der Waals surface area contributed by atoms with Gasteiger partial charge < -0.3 is 14.7 Å². The minimum atomic E-state index is -3.91. The second-order valence-corrected chi connectivity index (χ2v) is 9.19. The fourth-order valence-corrected chi connectivity index (χ4v) is 3.53. The van der Waals surface area contributed by atoms with Crippen LogP contribution < -0.4 is 9.92 Å². The predicted molar refractivity (Wildman–Crippen MR) is 108 cm³/mol. The topological polar surface area (TPSA) is 95.7 Å². The van der Waals surface area contributed by atoms with Crippen molar-refractivity contribution in [3.05, 3.63) is 59.7 Å². The van der Waals surface area contributed by atoms with E-state index in [0.29, 0.717) is 0 Å². The molecule has 152 valence electrons. The summed E-state index contributed by atoms with van der Waals surface area (Å²) in [7, 11) is -3.91. The number of carbonyl (C=O) groups is 1. The van der Waals surface area contributed by atoms with Crippen LogP contribution in [0, 0.1) is 6.92 Å². The van der Waals surface area contributed by atoms with Gasteiger partial charge in [-0.25, -0.2) is 0 Å². The maximum absolute atomic E-state index is 12.4. The zero-order chi connectivity index (χ0) is 20.9. The Labute approximate surface area is 166 Å². The number of nitrogens with two attached hydrogens (primary N) is 1. The van der Waals surface area contributed by atoms with Crippen LogP contribution in [0.4, 0.5) is 0 Å². The van der Waals surface area contributed by atoms with Gasteiger partial charge in [-0.05, 0) is 64.1 Å². The molecule has 0 radical (unpaired) electrons. The summed E-state index contributed by atoms with van der Waals surface area (Å²) in [5, 5.41) is 0. The zero-order valence-electron chi connectivity index (χ0n) is 16.6. The van der Waals surface area contributed by atoms with Crippen LogP contribution in [0.25, 0.3) is 0 Å². The van der Waals surface area contributed by atoms with Crippen molar-refractivity contribution in [2.75, 3.05) is 6.54 Å². The van der Waals surface area contributed by atoms with Crippen LogP contribution in [-0.2, 0) is 19.6 Å². The van der Waals surface area contributed by atoms with E-state index in [0.717, 1.165) is 11.1 Å². The van der Waals surface area contributed by atoms with Crippen LogP contribution in [0.15, 0.2) is 53.4 Å². The first kappa shape index (κ1) is 21.9. The lowest BCUT2D eigenvalue weighted by molar-refractivity contribution is -0.155. The van der Waals surface area contributed by atoms with E-state index >= 15 is 0 Å². The van der Waals surface area contributed by atoms with Crippen molar-refractivity contribution in [3.8, 4) is 5.75 Å². The summed E-state index contributed by atoms with van der Waals surface area (Å²) < 4.78 is 35.3. The van der Waals surface area contributed by atoms with Crippen LogP contribution in [0.3, 0.4) is 0 Å². The lowest BCUT2D eigenvalue weighted by Crippen LogP contribution is -2.26. The number of aryl methyl sites for hydroxylation is 1. The Hall–Kier alpha value is -2.38. The number of hydrogen-bond acceptors (Lipinski definition) is 6. The van der Waals surface area contributed by atoms with Gasteiger partial charge in [0.1, 0.15) is 16.2 Å². The third-order valence-corrected chi connectivity index (χ3v) is 5.25. The molecule has 28 heavy (non-hydrogen) atoms. The molecule has 0 aliphatic heterocycles. The average Bonchev–Trinajstić information content (AvgIpc) is 2.59. The van der Waals surface area contributed by atoms with Gasteiger partial charge in [0, 0.05) is 5.92 Å². The molecule has 2 N–H and O–H groups in total. The van der Waals surface area contributed by atoms with Gasteiger partial charge in [-0.2, -0.15) is 8.42 Å². The Balaban J connectivity index is 2.09. The van der Waals surface area contributed by atoms with E-state index in [2.05, 4.69) is 0 Å². The second-order valence-electron chi connectivity index (χ2n) is 7.64. The SMILES string of the molecule is Cc1ccc(S(=O)(=O)Oc2ccc(C(CN)CC(=O)OC(C)(C)C)cc2)cc1. The highest BCUT2D eigenvalue weighted by Gasteiger charge is 2.21. The maximum Gasteiger partial charge on any atom is 0.339 e. The largest absolute Gasteiger partial charge is 0.460 e. The summed E-state index contributed by atoms with van der Waals surface area (Å²) in [6, 6.07) is 13.0. The first-order chi connectivity index (χ1) is 13.0. The monoisotopic (exact) mass is 405 g/mol. The van der Waals surface area contributed by atoms with Crippen molar-refractivity contribution in [1.82, 2.24) is 0 Å². The van der Waals surface area contributed by atoms with Gasteiger partial charge in [0.05, 0.1) is 6.42 Å². The Bertz CT molecular complexity index is 897. The predicted octanol–water partition coefficient (Wildman–Crippen LogP) is 3.54. The second kappa shape index (κ2) is 8.75. The lowest BCUT2D eigenvalue weighted by atomic mass is 9.96. The third-order valence-electron chi connectivity index (χ3n) is 3.98. The van der Waals surface area contributed by atoms with Crippen molar-refractivity contribution in [1.29, 1.82) is 0 Å². The highest BCUT2D eigenvalue weighted by atomic mass is 32.2. The standard InChI is InChI=1S/C21H27NO5S/c1-15-5-11-19(12-6-15)28(24,25)27-18-9-7-16(8-10-18)17(14-22)13-20(23)26-21(2,3)4/h5-12,17H,13-14,22H2,1-4H3. The molecule has 0 amide bonds. The number of carbonyl (C=O) groups excluding carboxylic acids is 1. The van der Waals surface area contributed by atoms with E-state index in [1.165, 1.54) is 12.1 Å². The number of hydrogen-bond donors (Lipinski definition) is 1. The first-order valence-electron chi connectivity index (χ1n) is 9.03. The molecule has 2 rings (SSSR count). The Morgan fingerprint density at radius 3 is 2.11 bits per heavy atom. The molecule has 1 atom stereocenters. The summed E-state index contributed by atoms with van der Waals surface area (Å²) in [6.45, 7) is 7.57. The minimum Gasteiger partial charge on any atom is -0.460 e. The van der Waals surface area contributed by atoms with Crippen LogP contribution in [0.5, 0.6) is 5.75 Å². The maximum atomic E-state index is 12.4. The molecule has 1 unspecified atom stereocenters. The van der Waals surface area contributed by atoms with Gasteiger partial charge >= 0.3 is 16.1 Å². The quantitative estimate of drug-likeness (QED) is 0.559. The molecule has 0 saturated carbocycles. The molecule has 0 heterocycles. The van der Waals surface area contributed by atoms with Gasteiger partial charge in [-0.3, -0.25) is 4.79 Å². The van der Waals surface area contributed by atoms with Gasteiger partial charge in [-0.15, -0.1) is 0 Å². The zero-order valence-corrected chi connectivity index (χ0v) is 17.5. The molecule has 2 aromatic rings. The van der Waals surface area contributed by atoms with E-state index < -0.39 is 15.7 Å². The summed E-state index contributed by atoms with van der Waals surface area (Å²) in [4.78, 5) is 12.1. The highest BCUT2D eigenvalue weighted by Crippen LogP contribution is 2.25. The number of rotatable bonds is 7. The van der Waals surface area contributed by atoms with E-state index in [-0.39, 0.29) is 35.5 Å². The number of ether oxygens (including phenoxy) is 1. The van der Waals surface area contributed by atoms with Crippen molar-refractivity contribution in [2.45, 2.75) is 50.5 Å². The average molecular weight is 406 g/mol. The van der Waals surface area contributed by atoms with Gasteiger partial charge in [0.15, 0.2) is 0 Å². The number of esters is 1. The van der Waals surface area contributed by atoms with Crippen LogP contribution in [0.2, 0.25) is 0 Å². The van der Waals surface area contributed by atoms with Crippen molar-refractivity contribution in [3.63, 3.8) is 0 Å². The van der Waals surface area contributed by atoms with Crippen molar-refractivity contribution < 1.29 is 22.1 Å². The molecule has 0 aromatic heterocycles. The molecule has 0 saturated heterocycles. The lowest BCUT2D eigenvalue weighted by Gasteiger charge is -2.22. The summed E-state index contributed by atoms with van der Waals surface area (Å²) in [6.07, 6.45) is 0.148. The van der Waals surface area contributed by atoms with Gasteiger partial charge in [0.2, 0.25) is 0 Å². The number of benzene rings is 2. The fraction of sp³-hybridized carbons (Fsp3) is 0.381. The van der Waals surface area contributed by atoms with Crippen molar-refractivity contribution in [2.24, 2.45) is 5.73 Å². The molecular formula is C21H27NO5S. The smallest absolute Gasteiger partial charge is 0.339 e. The van der Waals surface area contributed by atoms with E-state index in [9.17, 15) is 13.2 Å². The van der Waals surface area contributed by atoms with E-state index in [4.69, 9.17) is 14.7 Å².